The van der Waals surface area contributed by atoms with E-state index >= 15 is 0 Å². The fourth-order valence-corrected chi connectivity index (χ4v) is 4.24. The lowest BCUT2D eigenvalue weighted by Crippen LogP contribution is -2.37. The zero-order chi connectivity index (χ0) is 22.2. The molecular weight excluding hydrogens is 388 g/mol. The molecule has 3 rings (SSSR count). The summed E-state index contributed by atoms with van der Waals surface area (Å²) in [6.45, 7) is 3.80. The highest BCUT2D eigenvalue weighted by Crippen LogP contribution is 2.55. The van der Waals surface area contributed by atoms with Crippen molar-refractivity contribution in [1.29, 1.82) is 0 Å². The average Bonchev–Trinajstić information content (AvgIpc) is 2.71. The van der Waals surface area contributed by atoms with Gasteiger partial charge in [-0.1, -0.05) is 6.92 Å². The first-order valence-electron chi connectivity index (χ1n) is 9.75. The number of methoxy groups -OCH3 is 5. The lowest BCUT2D eigenvalue weighted by Gasteiger charge is -2.35. The fraction of sp³-hybridized carbons (Fsp3) is 0.478. The number of fused-ring (bicyclic) bond motifs is 3. The van der Waals surface area contributed by atoms with Crippen molar-refractivity contribution in [2.75, 3.05) is 35.5 Å². The van der Waals surface area contributed by atoms with Crippen LogP contribution in [0.1, 0.15) is 25.0 Å². The third kappa shape index (κ3) is 3.37. The van der Waals surface area contributed by atoms with E-state index in [0.717, 1.165) is 16.7 Å². The van der Waals surface area contributed by atoms with E-state index in [9.17, 15) is 10.2 Å². The summed E-state index contributed by atoms with van der Waals surface area (Å²) in [7, 11) is 7.67. The molecule has 0 unspecified atom stereocenters. The van der Waals surface area contributed by atoms with Crippen LogP contribution in [0.3, 0.4) is 0 Å². The van der Waals surface area contributed by atoms with Gasteiger partial charge >= 0.3 is 0 Å². The van der Waals surface area contributed by atoms with E-state index in [0.29, 0.717) is 41.4 Å². The van der Waals surface area contributed by atoms with Crippen molar-refractivity contribution in [3.8, 4) is 45.6 Å². The molecule has 2 aromatic rings. The van der Waals surface area contributed by atoms with Crippen molar-refractivity contribution >= 4 is 0 Å². The molecule has 30 heavy (non-hydrogen) atoms. The van der Waals surface area contributed by atoms with Gasteiger partial charge in [-0.25, -0.2) is 0 Å². The summed E-state index contributed by atoms with van der Waals surface area (Å²) in [5.41, 5.74) is 2.08. The summed E-state index contributed by atoms with van der Waals surface area (Å²) in [6, 6.07) is 3.51. The van der Waals surface area contributed by atoms with Gasteiger partial charge in [0, 0.05) is 17.5 Å². The number of phenols is 1. The number of hydrogen-bond acceptors (Lipinski definition) is 7. The van der Waals surface area contributed by atoms with E-state index in [2.05, 4.69) is 0 Å². The molecule has 0 saturated heterocycles. The largest absolute Gasteiger partial charge is 0.504 e. The van der Waals surface area contributed by atoms with Crippen LogP contribution in [0.5, 0.6) is 34.5 Å². The summed E-state index contributed by atoms with van der Waals surface area (Å²) in [5, 5.41) is 21.8. The first-order valence-corrected chi connectivity index (χ1v) is 9.75. The smallest absolute Gasteiger partial charge is 0.203 e. The summed E-state index contributed by atoms with van der Waals surface area (Å²) in [5.74, 6) is 1.91. The lowest BCUT2D eigenvalue weighted by atomic mass is 9.75. The molecular formula is C23H30O7. The standard InChI is InChI=1S/C23H30O7/c1-12-8-13-9-15(24)19(27-4)21(29-6)17(13)18-14(11-23(12,2)25)10-16(26-3)20(28-5)22(18)30-7/h9-10,12,24-25H,8,11H2,1-7H3/t12-,23-/m1/s1. The number of hydrogen-bond donors (Lipinski definition) is 2. The van der Waals surface area contributed by atoms with Gasteiger partial charge in [-0.2, -0.15) is 0 Å². The van der Waals surface area contributed by atoms with Gasteiger partial charge in [-0.15, -0.1) is 0 Å². The molecule has 1 aliphatic carbocycles. The number of phenolic OH excluding ortho intramolecular Hbond substituents is 1. The van der Waals surface area contributed by atoms with E-state index in [1.165, 1.54) is 14.2 Å². The maximum atomic E-state index is 11.2. The second kappa shape index (κ2) is 8.14. The van der Waals surface area contributed by atoms with Crippen LogP contribution < -0.4 is 23.7 Å². The van der Waals surface area contributed by atoms with E-state index in [4.69, 9.17) is 23.7 Å². The normalized spacial score (nSPS) is 20.3. The molecule has 0 saturated carbocycles. The third-order valence-corrected chi connectivity index (χ3v) is 6.00. The van der Waals surface area contributed by atoms with Crippen LogP contribution in [0, 0.1) is 5.92 Å². The maximum Gasteiger partial charge on any atom is 0.203 e. The van der Waals surface area contributed by atoms with Gasteiger partial charge in [0.2, 0.25) is 11.5 Å². The molecule has 0 amide bonds. The van der Waals surface area contributed by atoms with Gasteiger partial charge in [0.1, 0.15) is 0 Å². The summed E-state index contributed by atoms with van der Waals surface area (Å²) >= 11 is 0. The molecule has 2 atom stereocenters. The fourth-order valence-electron chi connectivity index (χ4n) is 4.24. The molecule has 7 heteroatoms. The third-order valence-electron chi connectivity index (χ3n) is 6.00. The topological polar surface area (TPSA) is 86.6 Å². The molecule has 0 aromatic heterocycles. The minimum Gasteiger partial charge on any atom is -0.504 e. The minimum absolute atomic E-state index is 0.0264. The van der Waals surface area contributed by atoms with Crippen molar-refractivity contribution in [2.45, 2.75) is 32.3 Å². The number of benzene rings is 2. The molecule has 0 radical (unpaired) electrons. The molecule has 0 spiro atoms. The average molecular weight is 418 g/mol. The van der Waals surface area contributed by atoms with Crippen molar-refractivity contribution in [2.24, 2.45) is 5.92 Å². The number of ether oxygens (including phenoxy) is 5. The van der Waals surface area contributed by atoms with Crippen LogP contribution in [0.15, 0.2) is 12.1 Å². The van der Waals surface area contributed by atoms with Gasteiger partial charge in [-0.05, 0) is 42.5 Å². The van der Waals surface area contributed by atoms with Gasteiger partial charge in [0.15, 0.2) is 23.0 Å². The van der Waals surface area contributed by atoms with E-state index in [1.807, 2.05) is 19.9 Å². The molecule has 2 aromatic carbocycles. The number of aromatic hydroxyl groups is 1. The predicted octanol–water partition coefficient (Wildman–Crippen LogP) is 3.59. The molecule has 1 aliphatic rings. The summed E-state index contributed by atoms with van der Waals surface area (Å²) < 4.78 is 28.1. The van der Waals surface area contributed by atoms with Crippen LogP contribution in [0.4, 0.5) is 0 Å². The maximum absolute atomic E-state index is 11.2. The second-order valence-electron chi connectivity index (χ2n) is 7.81. The zero-order valence-electron chi connectivity index (χ0n) is 18.6. The molecule has 7 nitrogen and oxygen atoms in total. The Morgan fingerprint density at radius 2 is 1.33 bits per heavy atom. The van der Waals surface area contributed by atoms with Gasteiger partial charge < -0.3 is 33.9 Å². The number of aliphatic hydroxyl groups is 1. The Hall–Kier alpha value is -2.80. The first-order chi connectivity index (χ1) is 14.2. The van der Waals surface area contributed by atoms with Gasteiger partial charge in [-0.3, -0.25) is 0 Å². The highest BCUT2D eigenvalue weighted by molar-refractivity contribution is 5.88. The highest BCUT2D eigenvalue weighted by Gasteiger charge is 2.37. The molecule has 0 heterocycles. The van der Waals surface area contributed by atoms with Crippen LogP contribution in [0.2, 0.25) is 0 Å². The first kappa shape index (κ1) is 21.9. The van der Waals surface area contributed by atoms with E-state index in [1.54, 1.807) is 27.4 Å². The van der Waals surface area contributed by atoms with Crippen LogP contribution in [-0.4, -0.2) is 51.4 Å². The minimum atomic E-state index is -1.00. The molecule has 0 aliphatic heterocycles. The van der Waals surface area contributed by atoms with Crippen molar-refractivity contribution in [1.82, 2.24) is 0 Å². The van der Waals surface area contributed by atoms with Crippen LogP contribution in [0.25, 0.3) is 11.1 Å². The predicted molar refractivity (Wildman–Crippen MR) is 113 cm³/mol. The van der Waals surface area contributed by atoms with Gasteiger partial charge in [0.25, 0.3) is 0 Å². The Bertz CT molecular complexity index is 950. The SMILES string of the molecule is COc1cc2c(c(OC)c1OC)-c1c(cc(O)c(OC)c1OC)C[C@@H](C)[C@](C)(O)C2. The Labute approximate surface area is 177 Å². The highest BCUT2D eigenvalue weighted by atomic mass is 16.5. The Morgan fingerprint density at radius 3 is 1.87 bits per heavy atom. The molecule has 0 fully saturated rings. The lowest BCUT2D eigenvalue weighted by molar-refractivity contribution is 0.00628. The Morgan fingerprint density at radius 1 is 0.800 bits per heavy atom. The van der Waals surface area contributed by atoms with E-state index in [-0.39, 0.29) is 17.4 Å². The van der Waals surface area contributed by atoms with Crippen LogP contribution >= 0.6 is 0 Å². The zero-order valence-corrected chi connectivity index (χ0v) is 18.6. The molecule has 2 N–H and O–H groups in total. The quantitative estimate of drug-likeness (QED) is 0.767. The van der Waals surface area contributed by atoms with Crippen molar-refractivity contribution in [3.63, 3.8) is 0 Å². The second-order valence-corrected chi connectivity index (χ2v) is 7.81. The molecule has 164 valence electrons. The molecule has 0 bridgehead atoms. The summed E-state index contributed by atoms with van der Waals surface area (Å²) in [4.78, 5) is 0. The Balaban J connectivity index is 2.53. The van der Waals surface area contributed by atoms with Gasteiger partial charge in [0.05, 0.1) is 41.2 Å². The van der Waals surface area contributed by atoms with Crippen LogP contribution in [-0.2, 0) is 12.8 Å². The number of rotatable bonds is 5. The monoisotopic (exact) mass is 418 g/mol. The van der Waals surface area contributed by atoms with E-state index < -0.39 is 5.60 Å². The summed E-state index contributed by atoms with van der Waals surface area (Å²) in [6.07, 6.45) is 0.888. The van der Waals surface area contributed by atoms with Crippen molar-refractivity contribution < 1.29 is 33.9 Å². The van der Waals surface area contributed by atoms with Crippen molar-refractivity contribution in [3.05, 3.63) is 23.3 Å². The Kier molecular flexibility index (Phi) is 5.94.